The molecule has 2 aromatic carbocycles. The maximum absolute atomic E-state index is 12.9. The van der Waals surface area contributed by atoms with Crippen LogP contribution in [-0.4, -0.2) is 17.4 Å². The van der Waals surface area contributed by atoms with Crippen LogP contribution in [0.3, 0.4) is 0 Å². The van der Waals surface area contributed by atoms with E-state index in [1.54, 1.807) is 12.1 Å². The third-order valence-electron chi connectivity index (χ3n) is 4.10. The highest BCUT2D eigenvalue weighted by atomic mass is 35.5. The lowest BCUT2D eigenvalue weighted by Crippen LogP contribution is -2.31. The topological polar surface area (TPSA) is 20.3 Å². The number of rotatable bonds is 3. The highest BCUT2D eigenvalue weighted by Gasteiger charge is 2.29. The van der Waals surface area contributed by atoms with E-state index in [0.29, 0.717) is 11.4 Å². The molecule has 2 nitrogen and oxygen atoms in total. The van der Waals surface area contributed by atoms with Gasteiger partial charge in [-0.05, 0) is 48.2 Å². The van der Waals surface area contributed by atoms with E-state index in [-0.39, 0.29) is 17.8 Å². The molecule has 3 rings (SSSR count). The summed E-state index contributed by atoms with van der Waals surface area (Å²) in [7, 11) is 0. The van der Waals surface area contributed by atoms with Crippen molar-refractivity contribution in [2.24, 2.45) is 0 Å². The number of hydrogen-bond donors (Lipinski definition) is 0. The van der Waals surface area contributed by atoms with Crippen LogP contribution in [0, 0.1) is 5.82 Å². The van der Waals surface area contributed by atoms with Gasteiger partial charge in [0.05, 0.1) is 12.5 Å². The summed E-state index contributed by atoms with van der Waals surface area (Å²) in [6.07, 6.45) is 2.28. The van der Waals surface area contributed by atoms with Gasteiger partial charge in [-0.15, -0.1) is 0 Å². The van der Waals surface area contributed by atoms with E-state index < -0.39 is 0 Å². The fraction of sp³-hybridized carbons (Fsp3) is 0.278. The van der Waals surface area contributed by atoms with Crippen LogP contribution in [0.4, 0.5) is 4.39 Å². The Labute approximate surface area is 134 Å². The Hall–Kier alpha value is -1.87. The van der Waals surface area contributed by atoms with Gasteiger partial charge in [0.1, 0.15) is 5.82 Å². The molecule has 0 radical (unpaired) electrons. The minimum Gasteiger partial charge on any atom is -0.335 e. The Balaban J connectivity index is 1.73. The van der Waals surface area contributed by atoms with Crippen molar-refractivity contribution in [2.75, 3.05) is 6.54 Å². The number of carbonyl (C=O) groups is 1. The zero-order valence-electron chi connectivity index (χ0n) is 12.1. The molecule has 0 bridgehead atoms. The summed E-state index contributed by atoms with van der Waals surface area (Å²) in [5.41, 5.74) is 1.96. The lowest BCUT2D eigenvalue weighted by molar-refractivity contribution is -0.131. The molecule has 4 heteroatoms. The Morgan fingerprint density at radius 1 is 1.14 bits per heavy atom. The van der Waals surface area contributed by atoms with E-state index in [2.05, 4.69) is 0 Å². The predicted octanol–water partition coefficient (Wildman–Crippen LogP) is 4.39. The van der Waals surface area contributed by atoms with Crippen molar-refractivity contribution in [1.82, 2.24) is 4.90 Å². The number of hydrogen-bond acceptors (Lipinski definition) is 1. The number of likely N-dealkylation sites (tertiary alicyclic amines) is 1. The Morgan fingerprint density at radius 3 is 2.50 bits per heavy atom. The molecule has 1 aliphatic rings. The molecule has 22 heavy (non-hydrogen) atoms. The van der Waals surface area contributed by atoms with Crippen molar-refractivity contribution in [3.8, 4) is 0 Å². The molecule has 1 fully saturated rings. The highest BCUT2D eigenvalue weighted by molar-refractivity contribution is 6.30. The lowest BCUT2D eigenvalue weighted by Gasteiger charge is -2.25. The largest absolute Gasteiger partial charge is 0.335 e. The molecule has 1 aliphatic heterocycles. The fourth-order valence-electron chi connectivity index (χ4n) is 2.98. The van der Waals surface area contributed by atoms with Crippen LogP contribution >= 0.6 is 11.6 Å². The molecule has 0 unspecified atom stereocenters. The number of amides is 1. The van der Waals surface area contributed by atoms with Gasteiger partial charge in [0.15, 0.2) is 0 Å². The van der Waals surface area contributed by atoms with Gasteiger partial charge in [0.25, 0.3) is 0 Å². The van der Waals surface area contributed by atoms with Crippen LogP contribution in [0.25, 0.3) is 0 Å². The first-order chi connectivity index (χ1) is 10.6. The molecular weight excluding hydrogens is 301 g/mol. The van der Waals surface area contributed by atoms with Gasteiger partial charge in [0, 0.05) is 11.6 Å². The fourth-order valence-corrected chi connectivity index (χ4v) is 3.10. The maximum Gasteiger partial charge on any atom is 0.227 e. The Morgan fingerprint density at radius 2 is 1.82 bits per heavy atom. The average Bonchev–Trinajstić information content (AvgIpc) is 3.00. The first-order valence-electron chi connectivity index (χ1n) is 7.43. The zero-order chi connectivity index (χ0) is 15.5. The van der Waals surface area contributed by atoms with Gasteiger partial charge in [-0.3, -0.25) is 4.79 Å². The van der Waals surface area contributed by atoms with Gasteiger partial charge < -0.3 is 4.90 Å². The summed E-state index contributed by atoms with van der Waals surface area (Å²) < 4.78 is 12.9. The van der Waals surface area contributed by atoms with Crippen LogP contribution in [0.2, 0.25) is 5.02 Å². The molecule has 1 heterocycles. The summed E-state index contributed by atoms with van der Waals surface area (Å²) in [4.78, 5) is 14.5. The van der Waals surface area contributed by atoms with Crippen molar-refractivity contribution in [2.45, 2.75) is 25.3 Å². The highest BCUT2D eigenvalue weighted by Crippen LogP contribution is 2.32. The standard InChI is InChI=1S/C18H17ClFNO/c19-15-7-5-14(6-8-15)17-2-1-11-21(17)18(22)12-13-3-9-16(20)10-4-13/h3-10,17H,1-2,11-12H2/t17-/m1/s1. The smallest absolute Gasteiger partial charge is 0.227 e. The van der Waals surface area contributed by atoms with Crippen molar-refractivity contribution in [3.05, 3.63) is 70.5 Å². The second-order valence-electron chi connectivity index (χ2n) is 5.60. The second-order valence-corrected chi connectivity index (χ2v) is 6.04. The second kappa shape index (κ2) is 6.49. The van der Waals surface area contributed by atoms with E-state index >= 15 is 0 Å². The third kappa shape index (κ3) is 3.30. The maximum atomic E-state index is 12.9. The van der Waals surface area contributed by atoms with Gasteiger partial charge in [0.2, 0.25) is 5.91 Å². The molecule has 1 amide bonds. The molecule has 0 N–H and O–H groups in total. The summed E-state index contributed by atoms with van der Waals surface area (Å²) in [6, 6.07) is 13.9. The number of halogens is 2. The van der Waals surface area contributed by atoms with Crippen molar-refractivity contribution < 1.29 is 9.18 Å². The normalized spacial score (nSPS) is 17.7. The zero-order valence-corrected chi connectivity index (χ0v) is 12.9. The monoisotopic (exact) mass is 317 g/mol. The lowest BCUT2D eigenvalue weighted by atomic mass is 10.0. The van der Waals surface area contributed by atoms with E-state index in [1.807, 2.05) is 29.2 Å². The number of nitrogens with zero attached hydrogens (tertiary/aromatic N) is 1. The van der Waals surface area contributed by atoms with Crippen molar-refractivity contribution in [3.63, 3.8) is 0 Å². The molecule has 0 saturated carbocycles. The van der Waals surface area contributed by atoms with Crippen molar-refractivity contribution in [1.29, 1.82) is 0 Å². The van der Waals surface area contributed by atoms with E-state index in [0.717, 1.165) is 30.5 Å². The van der Waals surface area contributed by atoms with Crippen LogP contribution in [0.5, 0.6) is 0 Å². The molecule has 2 aromatic rings. The average molecular weight is 318 g/mol. The minimum absolute atomic E-state index is 0.0871. The number of carbonyl (C=O) groups excluding carboxylic acids is 1. The van der Waals surface area contributed by atoms with E-state index in [1.165, 1.54) is 12.1 Å². The molecule has 1 saturated heterocycles. The van der Waals surface area contributed by atoms with Crippen molar-refractivity contribution >= 4 is 17.5 Å². The molecule has 1 atom stereocenters. The first kappa shape index (κ1) is 15.0. The Bertz CT molecular complexity index is 654. The molecule has 114 valence electrons. The predicted molar refractivity (Wildman–Crippen MR) is 85.2 cm³/mol. The quantitative estimate of drug-likeness (QED) is 0.822. The SMILES string of the molecule is O=C(Cc1ccc(F)cc1)N1CCC[C@@H]1c1ccc(Cl)cc1. The van der Waals surface area contributed by atoms with Gasteiger partial charge >= 0.3 is 0 Å². The van der Waals surface area contributed by atoms with Gasteiger partial charge in [-0.2, -0.15) is 0 Å². The van der Waals surface area contributed by atoms with Gasteiger partial charge in [-0.25, -0.2) is 4.39 Å². The molecular formula is C18H17ClFNO. The molecule has 0 aromatic heterocycles. The van der Waals surface area contributed by atoms with Gasteiger partial charge in [-0.1, -0.05) is 35.9 Å². The molecule has 0 spiro atoms. The summed E-state index contributed by atoms with van der Waals surface area (Å²) in [5.74, 6) is -0.194. The van der Waals surface area contributed by atoms with E-state index in [9.17, 15) is 9.18 Å². The first-order valence-corrected chi connectivity index (χ1v) is 7.80. The van der Waals surface area contributed by atoms with Crippen LogP contribution in [-0.2, 0) is 11.2 Å². The Kier molecular flexibility index (Phi) is 4.44. The van der Waals surface area contributed by atoms with E-state index in [4.69, 9.17) is 11.6 Å². The summed E-state index contributed by atoms with van der Waals surface area (Å²) in [6.45, 7) is 0.771. The van der Waals surface area contributed by atoms with Crippen LogP contribution in [0.15, 0.2) is 48.5 Å². The number of benzene rings is 2. The van der Waals surface area contributed by atoms with Crippen LogP contribution in [0.1, 0.15) is 30.0 Å². The molecule has 0 aliphatic carbocycles. The minimum atomic E-state index is -0.281. The third-order valence-corrected chi connectivity index (χ3v) is 4.35. The summed E-state index contributed by atoms with van der Waals surface area (Å²) >= 11 is 5.93. The summed E-state index contributed by atoms with van der Waals surface area (Å²) in [5, 5.41) is 0.700. The van der Waals surface area contributed by atoms with Crippen LogP contribution < -0.4 is 0 Å².